The third-order valence-electron chi connectivity index (χ3n) is 7.25. The fraction of sp³-hybridized carbons (Fsp3) is 0.379. The van der Waals surface area contributed by atoms with E-state index in [0.29, 0.717) is 24.1 Å². The molecule has 1 amide bonds. The molecule has 4 heterocycles. The highest BCUT2D eigenvalue weighted by Gasteiger charge is 2.22. The van der Waals surface area contributed by atoms with Crippen molar-refractivity contribution >= 4 is 17.7 Å². The molecule has 0 bridgehead atoms. The van der Waals surface area contributed by atoms with Gasteiger partial charge in [-0.05, 0) is 56.7 Å². The molecule has 0 unspecified atom stereocenters. The number of nitrogens with zero attached hydrogens (tertiary/aromatic N) is 8. The first kappa shape index (κ1) is 28.0. The van der Waals surface area contributed by atoms with Gasteiger partial charge in [-0.25, -0.2) is 8.78 Å². The van der Waals surface area contributed by atoms with E-state index in [-0.39, 0.29) is 41.3 Å². The number of pyridine rings is 1. The van der Waals surface area contributed by atoms with Gasteiger partial charge >= 0.3 is 0 Å². The topological polar surface area (TPSA) is 104 Å². The van der Waals surface area contributed by atoms with Crippen LogP contribution in [0.15, 0.2) is 60.2 Å². The number of carbonyl (C=O) groups excluding carboxylic acids is 1. The van der Waals surface area contributed by atoms with Gasteiger partial charge < -0.3 is 9.64 Å². The molecule has 1 saturated heterocycles. The van der Waals surface area contributed by atoms with Crippen LogP contribution in [0.1, 0.15) is 44.3 Å². The summed E-state index contributed by atoms with van der Waals surface area (Å²) in [6.45, 7) is 1.23. The maximum absolute atomic E-state index is 15.2. The van der Waals surface area contributed by atoms with Crippen molar-refractivity contribution in [3.8, 4) is 22.7 Å². The standard InChI is InChI=1S/C29H30F2N8O2S/c30-23-15-26(24(31)14-22(23)25-17-33-38(36-25)18-28(40)37-12-5-2-6-13-37)41-19-27-34-35-29(42-21-9-3-1-4-10-21)39(27)20-8-7-11-32-16-20/h3,7-9,11,14-17,21H,1-2,4-6,10,12-13,18-19H2/t21-/m1/s1. The average molecular weight is 593 g/mol. The Hall–Kier alpha value is -4.13. The second-order valence-corrected chi connectivity index (χ2v) is 11.4. The molecule has 4 aromatic rings. The summed E-state index contributed by atoms with van der Waals surface area (Å²) in [5.74, 6) is -1.43. The number of amides is 1. The van der Waals surface area contributed by atoms with Crippen molar-refractivity contribution in [3.05, 3.63) is 72.5 Å². The Kier molecular flexibility index (Phi) is 8.54. The van der Waals surface area contributed by atoms with Crippen molar-refractivity contribution in [1.82, 2.24) is 39.6 Å². The average Bonchev–Trinajstić information content (AvgIpc) is 3.65. The summed E-state index contributed by atoms with van der Waals surface area (Å²) in [4.78, 5) is 19.7. The first-order valence-electron chi connectivity index (χ1n) is 14.0. The molecule has 0 spiro atoms. The number of aromatic nitrogens is 7. The molecule has 13 heteroatoms. The Morgan fingerprint density at radius 2 is 1.95 bits per heavy atom. The summed E-state index contributed by atoms with van der Waals surface area (Å²) in [6, 6.07) is 5.69. The quantitative estimate of drug-likeness (QED) is 0.251. The highest BCUT2D eigenvalue weighted by Crippen LogP contribution is 2.32. The van der Waals surface area contributed by atoms with Crippen molar-refractivity contribution < 1.29 is 18.3 Å². The third kappa shape index (κ3) is 6.35. The van der Waals surface area contributed by atoms with E-state index in [1.165, 1.54) is 11.0 Å². The van der Waals surface area contributed by atoms with Crippen molar-refractivity contribution in [1.29, 1.82) is 0 Å². The van der Waals surface area contributed by atoms with Crippen LogP contribution in [0.4, 0.5) is 8.78 Å². The lowest BCUT2D eigenvalue weighted by atomic mass is 10.1. The Morgan fingerprint density at radius 1 is 1.07 bits per heavy atom. The predicted octanol–water partition coefficient (Wildman–Crippen LogP) is 4.99. The minimum absolute atomic E-state index is 0.0553. The fourth-order valence-electron chi connectivity index (χ4n) is 5.07. The smallest absolute Gasteiger partial charge is 0.246 e. The summed E-state index contributed by atoms with van der Waals surface area (Å²) >= 11 is 1.59. The molecular weight excluding hydrogens is 562 g/mol. The van der Waals surface area contributed by atoms with Crippen LogP contribution < -0.4 is 4.74 Å². The molecule has 218 valence electrons. The number of rotatable bonds is 9. The van der Waals surface area contributed by atoms with Gasteiger partial charge in [0, 0.05) is 36.2 Å². The fourth-order valence-corrected chi connectivity index (χ4v) is 6.22. The summed E-state index contributed by atoms with van der Waals surface area (Å²) in [5.41, 5.74) is 0.792. The molecule has 0 saturated carbocycles. The van der Waals surface area contributed by atoms with Gasteiger partial charge in [-0.15, -0.1) is 10.2 Å². The van der Waals surface area contributed by atoms with Crippen LogP contribution in [0.3, 0.4) is 0 Å². The summed E-state index contributed by atoms with van der Waals surface area (Å²) in [6.07, 6.45) is 15.3. The Bertz CT molecular complexity index is 1570. The number of allylic oxidation sites excluding steroid dienone is 1. The predicted molar refractivity (Wildman–Crippen MR) is 152 cm³/mol. The normalized spacial score (nSPS) is 17.0. The number of hydrogen-bond donors (Lipinski definition) is 0. The van der Waals surface area contributed by atoms with E-state index in [1.54, 1.807) is 29.1 Å². The van der Waals surface area contributed by atoms with E-state index in [2.05, 4.69) is 37.5 Å². The lowest BCUT2D eigenvalue weighted by Gasteiger charge is -2.26. The number of benzene rings is 1. The number of carbonyl (C=O) groups is 1. The van der Waals surface area contributed by atoms with Crippen molar-refractivity contribution in [2.75, 3.05) is 13.1 Å². The second kappa shape index (κ2) is 12.8. The zero-order chi connectivity index (χ0) is 28.9. The van der Waals surface area contributed by atoms with Gasteiger partial charge in [0.2, 0.25) is 5.91 Å². The molecular formula is C29H30F2N8O2S. The van der Waals surface area contributed by atoms with E-state index in [9.17, 15) is 4.79 Å². The van der Waals surface area contributed by atoms with Crippen LogP contribution in [-0.2, 0) is 17.9 Å². The van der Waals surface area contributed by atoms with Gasteiger partial charge in [-0.1, -0.05) is 23.9 Å². The van der Waals surface area contributed by atoms with Crippen LogP contribution >= 0.6 is 11.8 Å². The number of piperidine rings is 1. The molecule has 1 fully saturated rings. The maximum atomic E-state index is 15.2. The van der Waals surface area contributed by atoms with Crippen LogP contribution in [0.5, 0.6) is 5.75 Å². The Balaban J connectivity index is 1.17. The van der Waals surface area contributed by atoms with E-state index >= 15 is 8.78 Å². The number of ether oxygens (including phenoxy) is 1. The van der Waals surface area contributed by atoms with Gasteiger partial charge in [0.1, 0.15) is 24.7 Å². The number of halogens is 2. The Morgan fingerprint density at radius 3 is 2.74 bits per heavy atom. The van der Waals surface area contributed by atoms with Crippen LogP contribution in [0.2, 0.25) is 0 Å². The minimum Gasteiger partial charge on any atom is -0.482 e. The molecule has 0 N–H and O–H groups in total. The van der Waals surface area contributed by atoms with Gasteiger partial charge in [-0.3, -0.25) is 14.3 Å². The molecule has 1 aliphatic carbocycles. The van der Waals surface area contributed by atoms with E-state index in [1.807, 2.05) is 16.7 Å². The lowest BCUT2D eigenvalue weighted by molar-refractivity contribution is -0.133. The van der Waals surface area contributed by atoms with E-state index in [0.717, 1.165) is 56.3 Å². The number of likely N-dealkylation sites (tertiary alicyclic amines) is 1. The molecule has 2 aliphatic rings. The molecule has 1 aliphatic heterocycles. The zero-order valence-electron chi connectivity index (χ0n) is 22.9. The van der Waals surface area contributed by atoms with Crippen molar-refractivity contribution in [3.63, 3.8) is 0 Å². The van der Waals surface area contributed by atoms with Crippen molar-refractivity contribution in [2.24, 2.45) is 0 Å². The van der Waals surface area contributed by atoms with E-state index in [4.69, 9.17) is 4.74 Å². The summed E-state index contributed by atoms with van der Waals surface area (Å²) in [7, 11) is 0. The van der Waals surface area contributed by atoms with Gasteiger partial charge in [0.15, 0.2) is 22.5 Å². The molecule has 6 rings (SSSR count). The van der Waals surface area contributed by atoms with Gasteiger partial charge in [0.05, 0.1) is 18.1 Å². The number of hydrogen-bond acceptors (Lipinski definition) is 8. The molecule has 42 heavy (non-hydrogen) atoms. The van der Waals surface area contributed by atoms with Crippen LogP contribution in [0, 0.1) is 11.6 Å². The maximum Gasteiger partial charge on any atom is 0.246 e. The molecule has 10 nitrogen and oxygen atoms in total. The Labute approximate surface area is 245 Å². The van der Waals surface area contributed by atoms with Crippen LogP contribution in [0.25, 0.3) is 16.9 Å². The number of thioether (sulfide) groups is 1. The first-order chi connectivity index (χ1) is 20.5. The highest BCUT2D eigenvalue weighted by molar-refractivity contribution is 7.99. The molecule has 1 aromatic carbocycles. The largest absolute Gasteiger partial charge is 0.482 e. The van der Waals surface area contributed by atoms with Gasteiger partial charge in [-0.2, -0.15) is 15.0 Å². The molecule has 1 atom stereocenters. The zero-order valence-corrected chi connectivity index (χ0v) is 23.7. The van der Waals surface area contributed by atoms with Crippen LogP contribution in [-0.4, -0.2) is 63.9 Å². The SMILES string of the molecule is O=C(Cn1ncc(-c2cc(F)c(OCc3nnc(S[C@@H]4C=CCCC4)n3-c3cccnc3)cc2F)n1)N1CCCCC1. The van der Waals surface area contributed by atoms with Crippen molar-refractivity contribution in [2.45, 2.75) is 62.1 Å². The minimum atomic E-state index is -0.764. The van der Waals surface area contributed by atoms with E-state index < -0.39 is 11.6 Å². The summed E-state index contributed by atoms with van der Waals surface area (Å²) in [5, 5.41) is 17.9. The molecule has 3 aromatic heterocycles. The summed E-state index contributed by atoms with van der Waals surface area (Å²) < 4.78 is 37.8. The first-order valence-corrected chi connectivity index (χ1v) is 14.9. The highest BCUT2D eigenvalue weighted by atomic mass is 32.2. The van der Waals surface area contributed by atoms with Gasteiger partial charge in [0.25, 0.3) is 0 Å². The third-order valence-corrected chi connectivity index (χ3v) is 8.42. The molecule has 0 radical (unpaired) electrons. The second-order valence-electron chi connectivity index (χ2n) is 10.2. The monoisotopic (exact) mass is 592 g/mol. The lowest BCUT2D eigenvalue weighted by Crippen LogP contribution is -2.38.